The second-order valence-electron chi connectivity index (χ2n) is 5.55. The molecule has 2 N–H and O–H groups in total. The van der Waals surface area contributed by atoms with Crippen molar-refractivity contribution in [1.82, 2.24) is 15.5 Å². The van der Waals surface area contributed by atoms with E-state index in [2.05, 4.69) is 15.5 Å². The molecule has 2 rings (SSSR count). The molecule has 1 aliphatic rings. The van der Waals surface area contributed by atoms with Crippen LogP contribution in [-0.2, 0) is 11.2 Å². The average molecular weight is 326 g/mol. The number of halogens is 1. The molecule has 1 aromatic rings. The molecule has 0 radical (unpaired) electrons. The topological polar surface area (TPSA) is 53.6 Å². The van der Waals surface area contributed by atoms with Gasteiger partial charge < -0.3 is 15.4 Å². The van der Waals surface area contributed by atoms with Gasteiger partial charge in [-0.1, -0.05) is 29.8 Å². The fraction of sp³-hybridized carbons (Fsp3) is 0.562. The minimum absolute atomic E-state index is 0.0308. The van der Waals surface area contributed by atoms with Crippen LogP contribution in [0.4, 0.5) is 4.79 Å². The Morgan fingerprint density at radius 2 is 2.09 bits per heavy atom. The highest BCUT2D eigenvalue weighted by Crippen LogP contribution is 2.16. The van der Waals surface area contributed by atoms with Crippen LogP contribution < -0.4 is 10.6 Å². The Hall–Kier alpha value is -1.30. The van der Waals surface area contributed by atoms with Gasteiger partial charge in [0.05, 0.1) is 13.2 Å². The van der Waals surface area contributed by atoms with Gasteiger partial charge >= 0.3 is 6.03 Å². The van der Waals surface area contributed by atoms with Crippen molar-refractivity contribution in [2.24, 2.45) is 0 Å². The molecule has 0 aromatic heterocycles. The maximum absolute atomic E-state index is 11.9. The second-order valence-corrected chi connectivity index (χ2v) is 5.96. The molecule has 6 heteroatoms. The summed E-state index contributed by atoms with van der Waals surface area (Å²) >= 11 is 6.13. The average Bonchev–Trinajstić information content (AvgIpc) is 2.50. The highest BCUT2D eigenvalue weighted by molar-refractivity contribution is 6.31. The van der Waals surface area contributed by atoms with Crippen molar-refractivity contribution in [1.29, 1.82) is 0 Å². The summed E-state index contributed by atoms with van der Waals surface area (Å²) in [5.74, 6) is 0. The monoisotopic (exact) mass is 325 g/mol. The van der Waals surface area contributed by atoms with Crippen LogP contribution in [-0.4, -0.2) is 56.4 Å². The third-order valence-electron chi connectivity index (χ3n) is 3.68. The van der Waals surface area contributed by atoms with E-state index in [1.54, 1.807) is 0 Å². The molecule has 1 aromatic carbocycles. The van der Waals surface area contributed by atoms with Crippen LogP contribution in [0, 0.1) is 0 Å². The number of benzene rings is 1. The normalized spacial score (nSPS) is 17.0. The zero-order valence-corrected chi connectivity index (χ0v) is 13.7. The zero-order valence-electron chi connectivity index (χ0n) is 13.0. The lowest BCUT2D eigenvalue weighted by molar-refractivity contribution is 0.0387. The van der Waals surface area contributed by atoms with E-state index in [-0.39, 0.29) is 12.1 Å². The van der Waals surface area contributed by atoms with Gasteiger partial charge in [-0.2, -0.15) is 0 Å². The van der Waals surface area contributed by atoms with Gasteiger partial charge in [0.2, 0.25) is 0 Å². The van der Waals surface area contributed by atoms with Gasteiger partial charge in [0.1, 0.15) is 0 Å². The first kappa shape index (κ1) is 17.1. The molecule has 1 fully saturated rings. The van der Waals surface area contributed by atoms with Gasteiger partial charge in [-0.05, 0) is 25.0 Å². The van der Waals surface area contributed by atoms with Gasteiger partial charge in [-0.25, -0.2) is 4.79 Å². The summed E-state index contributed by atoms with van der Waals surface area (Å²) in [6.07, 6.45) is 0.719. The molecule has 0 spiro atoms. The number of carbonyl (C=O) groups is 1. The van der Waals surface area contributed by atoms with Crippen LogP contribution in [0.25, 0.3) is 0 Å². The van der Waals surface area contributed by atoms with E-state index in [4.69, 9.17) is 16.3 Å². The van der Waals surface area contributed by atoms with Crippen LogP contribution in [0.1, 0.15) is 12.5 Å². The number of rotatable bonds is 6. The van der Waals surface area contributed by atoms with Crippen LogP contribution in [0.5, 0.6) is 0 Å². The minimum Gasteiger partial charge on any atom is -0.379 e. The van der Waals surface area contributed by atoms with Crippen LogP contribution in [0.3, 0.4) is 0 Å². The number of urea groups is 1. The van der Waals surface area contributed by atoms with Gasteiger partial charge in [-0.3, -0.25) is 4.90 Å². The van der Waals surface area contributed by atoms with Crippen molar-refractivity contribution in [2.75, 3.05) is 39.4 Å². The summed E-state index contributed by atoms with van der Waals surface area (Å²) in [6.45, 7) is 6.91. The first-order chi connectivity index (χ1) is 10.6. The quantitative estimate of drug-likeness (QED) is 0.840. The van der Waals surface area contributed by atoms with Crippen molar-refractivity contribution in [3.63, 3.8) is 0 Å². The maximum atomic E-state index is 11.9. The number of hydrogen-bond acceptors (Lipinski definition) is 3. The Kier molecular flexibility index (Phi) is 6.96. The number of ether oxygens (including phenoxy) is 1. The molecule has 2 amide bonds. The van der Waals surface area contributed by atoms with Crippen molar-refractivity contribution in [3.05, 3.63) is 34.9 Å². The molecule has 1 aliphatic heterocycles. The highest BCUT2D eigenvalue weighted by Gasteiger charge is 2.12. The zero-order chi connectivity index (χ0) is 15.8. The fourth-order valence-electron chi connectivity index (χ4n) is 2.47. The Bertz CT molecular complexity index is 478. The van der Waals surface area contributed by atoms with Crippen molar-refractivity contribution in [2.45, 2.75) is 19.4 Å². The summed E-state index contributed by atoms with van der Waals surface area (Å²) < 4.78 is 5.29. The van der Waals surface area contributed by atoms with E-state index in [9.17, 15) is 4.79 Å². The summed E-state index contributed by atoms with van der Waals surface area (Å²) in [4.78, 5) is 14.2. The lowest BCUT2D eigenvalue weighted by atomic mass is 10.1. The summed E-state index contributed by atoms with van der Waals surface area (Å²) in [5.41, 5.74) is 1.05. The predicted molar refractivity (Wildman–Crippen MR) is 88.4 cm³/mol. The van der Waals surface area contributed by atoms with Crippen molar-refractivity contribution < 1.29 is 9.53 Å². The molecular formula is C16H24ClN3O2. The van der Waals surface area contributed by atoms with Gasteiger partial charge in [0.25, 0.3) is 0 Å². The molecule has 0 aliphatic carbocycles. The first-order valence-electron chi connectivity index (χ1n) is 7.73. The van der Waals surface area contributed by atoms with Crippen molar-refractivity contribution in [3.8, 4) is 0 Å². The molecular weight excluding hydrogens is 302 g/mol. The first-order valence-corrected chi connectivity index (χ1v) is 8.11. The van der Waals surface area contributed by atoms with Crippen LogP contribution in [0.2, 0.25) is 5.02 Å². The third-order valence-corrected chi connectivity index (χ3v) is 4.05. The highest BCUT2D eigenvalue weighted by atomic mass is 35.5. The smallest absolute Gasteiger partial charge is 0.315 e. The number of hydrogen-bond donors (Lipinski definition) is 2. The number of morpholine rings is 1. The van der Waals surface area contributed by atoms with E-state index < -0.39 is 0 Å². The Morgan fingerprint density at radius 3 is 2.82 bits per heavy atom. The molecule has 0 bridgehead atoms. The Labute approximate surface area is 137 Å². The van der Waals surface area contributed by atoms with Crippen LogP contribution in [0.15, 0.2) is 24.3 Å². The summed E-state index contributed by atoms with van der Waals surface area (Å²) in [5, 5.41) is 6.58. The molecule has 1 atom stereocenters. The van der Waals surface area contributed by atoms with E-state index in [0.717, 1.165) is 49.9 Å². The van der Waals surface area contributed by atoms with E-state index in [0.29, 0.717) is 6.54 Å². The molecule has 1 saturated heterocycles. The predicted octanol–water partition coefficient (Wildman–Crippen LogP) is 1.90. The molecule has 0 saturated carbocycles. The Morgan fingerprint density at radius 1 is 1.36 bits per heavy atom. The van der Waals surface area contributed by atoms with Gasteiger partial charge in [0, 0.05) is 37.2 Å². The van der Waals surface area contributed by atoms with Gasteiger partial charge in [-0.15, -0.1) is 0 Å². The largest absolute Gasteiger partial charge is 0.379 e. The SMILES string of the molecule is CC(Cc1ccccc1Cl)NC(=O)NCCN1CCOCC1. The fourth-order valence-corrected chi connectivity index (χ4v) is 2.68. The van der Waals surface area contributed by atoms with Gasteiger partial charge in [0.15, 0.2) is 0 Å². The standard InChI is InChI=1S/C16H24ClN3O2/c1-13(12-14-4-2-3-5-15(14)17)19-16(21)18-6-7-20-8-10-22-11-9-20/h2-5,13H,6-12H2,1H3,(H2,18,19,21). The van der Waals surface area contributed by atoms with E-state index in [1.165, 1.54) is 0 Å². The van der Waals surface area contributed by atoms with E-state index >= 15 is 0 Å². The number of nitrogens with one attached hydrogen (secondary N) is 2. The molecule has 5 nitrogen and oxygen atoms in total. The number of amides is 2. The third kappa shape index (κ3) is 5.83. The second kappa shape index (κ2) is 8.98. The molecule has 1 heterocycles. The summed E-state index contributed by atoms with van der Waals surface area (Å²) in [7, 11) is 0. The molecule has 22 heavy (non-hydrogen) atoms. The number of nitrogens with zero attached hydrogens (tertiary/aromatic N) is 1. The summed E-state index contributed by atoms with van der Waals surface area (Å²) in [6, 6.07) is 7.61. The lowest BCUT2D eigenvalue weighted by Gasteiger charge is -2.26. The molecule has 1 unspecified atom stereocenters. The Balaban J connectivity index is 1.64. The molecule has 122 valence electrons. The maximum Gasteiger partial charge on any atom is 0.315 e. The lowest BCUT2D eigenvalue weighted by Crippen LogP contribution is -2.46. The van der Waals surface area contributed by atoms with Crippen molar-refractivity contribution >= 4 is 17.6 Å². The van der Waals surface area contributed by atoms with E-state index in [1.807, 2.05) is 31.2 Å². The number of carbonyl (C=O) groups excluding carboxylic acids is 1. The van der Waals surface area contributed by atoms with Crippen LogP contribution >= 0.6 is 11.6 Å². The minimum atomic E-state index is -0.132.